The highest BCUT2D eigenvalue weighted by Gasteiger charge is 2.37. The predicted molar refractivity (Wildman–Crippen MR) is 84.8 cm³/mol. The molecule has 0 bridgehead atoms. The van der Waals surface area contributed by atoms with E-state index in [9.17, 15) is 18.0 Å². The van der Waals surface area contributed by atoms with E-state index in [0.717, 1.165) is 12.8 Å². The molecule has 1 fully saturated rings. The first-order chi connectivity index (χ1) is 11.0. The number of carbonyl (C=O) groups is 2. The van der Waals surface area contributed by atoms with Crippen molar-refractivity contribution in [1.82, 2.24) is 19.4 Å². The SMILES string of the molecule is Cc1nn(C)c(C)c1S(=O)(=O)NC(C)C(=O)N(CC(=O)O)C1CC1. The normalized spacial score (nSPS) is 16.0. The molecular formula is C14H22N4O5S. The molecule has 0 spiro atoms. The van der Waals surface area contributed by atoms with E-state index in [1.165, 1.54) is 16.5 Å². The number of aliphatic carboxylic acids is 1. The maximum absolute atomic E-state index is 12.6. The van der Waals surface area contributed by atoms with E-state index >= 15 is 0 Å². The van der Waals surface area contributed by atoms with Crippen LogP contribution in [0, 0.1) is 13.8 Å². The van der Waals surface area contributed by atoms with Gasteiger partial charge in [-0.05, 0) is 33.6 Å². The summed E-state index contributed by atoms with van der Waals surface area (Å²) in [5.41, 5.74) is 0.802. The Labute approximate surface area is 140 Å². The van der Waals surface area contributed by atoms with Crippen molar-refractivity contribution >= 4 is 21.9 Å². The van der Waals surface area contributed by atoms with Crippen molar-refractivity contribution in [3.8, 4) is 0 Å². The fourth-order valence-corrected chi connectivity index (χ4v) is 4.29. The molecule has 0 aromatic carbocycles. The molecule has 1 unspecified atom stereocenters. The average Bonchev–Trinajstić information content (AvgIpc) is 3.23. The number of aromatic nitrogens is 2. The number of carboxylic acid groups (broad SMARTS) is 1. The molecule has 1 amide bonds. The van der Waals surface area contributed by atoms with Gasteiger partial charge >= 0.3 is 5.97 Å². The van der Waals surface area contributed by atoms with Crippen LogP contribution in [0.3, 0.4) is 0 Å². The summed E-state index contributed by atoms with van der Waals surface area (Å²) in [7, 11) is -2.30. The summed E-state index contributed by atoms with van der Waals surface area (Å²) >= 11 is 0. The van der Waals surface area contributed by atoms with Crippen LogP contribution in [0.5, 0.6) is 0 Å². The molecule has 0 radical (unpaired) electrons. The van der Waals surface area contributed by atoms with Gasteiger partial charge in [-0.3, -0.25) is 14.3 Å². The molecule has 1 aliphatic rings. The second-order valence-electron chi connectivity index (χ2n) is 6.06. The minimum Gasteiger partial charge on any atom is -0.480 e. The van der Waals surface area contributed by atoms with Crippen molar-refractivity contribution in [2.75, 3.05) is 6.54 Å². The van der Waals surface area contributed by atoms with Gasteiger partial charge in [-0.1, -0.05) is 0 Å². The van der Waals surface area contributed by atoms with Crippen molar-refractivity contribution in [2.45, 2.75) is 50.6 Å². The minimum atomic E-state index is -3.94. The Morgan fingerprint density at radius 3 is 2.42 bits per heavy atom. The first-order valence-corrected chi connectivity index (χ1v) is 9.07. The van der Waals surface area contributed by atoms with Crippen LogP contribution < -0.4 is 4.72 Å². The number of sulfonamides is 1. The van der Waals surface area contributed by atoms with E-state index in [1.54, 1.807) is 20.9 Å². The Balaban J connectivity index is 2.19. The second kappa shape index (κ2) is 6.52. The third-order valence-corrected chi connectivity index (χ3v) is 5.78. The number of hydrogen-bond donors (Lipinski definition) is 2. The molecule has 2 rings (SSSR count). The molecular weight excluding hydrogens is 336 g/mol. The van der Waals surface area contributed by atoms with Crippen LogP contribution in [0.1, 0.15) is 31.2 Å². The maximum Gasteiger partial charge on any atom is 0.323 e. The minimum absolute atomic E-state index is 0.0425. The van der Waals surface area contributed by atoms with Gasteiger partial charge in [0.2, 0.25) is 15.9 Å². The zero-order valence-electron chi connectivity index (χ0n) is 14.1. The van der Waals surface area contributed by atoms with E-state index in [4.69, 9.17) is 5.11 Å². The predicted octanol–water partition coefficient (Wildman–Crippen LogP) is -0.221. The maximum atomic E-state index is 12.6. The van der Waals surface area contributed by atoms with E-state index in [1.807, 2.05) is 0 Å². The molecule has 0 saturated heterocycles. The number of nitrogens with one attached hydrogen (secondary N) is 1. The van der Waals surface area contributed by atoms with E-state index < -0.39 is 34.5 Å². The lowest BCUT2D eigenvalue weighted by Crippen LogP contribution is -2.49. The molecule has 1 saturated carbocycles. The molecule has 1 aromatic rings. The van der Waals surface area contributed by atoms with E-state index in [2.05, 4.69) is 9.82 Å². The van der Waals surface area contributed by atoms with Crippen LogP contribution in [0.25, 0.3) is 0 Å². The van der Waals surface area contributed by atoms with Crippen LogP contribution >= 0.6 is 0 Å². The standard InChI is InChI=1S/C14H22N4O5S/c1-8-13(10(3)17(4)15-8)24(22,23)16-9(2)14(21)18(7-12(19)20)11-5-6-11/h9,11,16H,5-7H2,1-4H3,(H,19,20). The lowest BCUT2D eigenvalue weighted by Gasteiger charge is -2.24. The number of rotatable bonds is 7. The van der Waals surface area contributed by atoms with Crippen LogP contribution in [0.2, 0.25) is 0 Å². The number of carbonyl (C=O) groups excluding carboxylic acids is 1. The molecule has 0 aliphatic heterocycles. The van der Waals surface area contributed by atoms with E-state index in [-0.39, 0.29) is 10.9 Å². The lowest BCUT2D eigenvalue weighted by molar-refractivity contribution is -0.145. The topological polar surface area (TPSA) is 122 Å². The zero-order valence-corrected chi connectivity index (χ0v) is 14.9. The van der Waals surface area contributed by atoms with Crippen molar-refractivity contribution in [1.29, 1.82) is 0 Å². The largest absolute Gasteiger partial charge is 0.480 e. The highest BCUT2D eigenvalue weighted by Crippen LogP contribution is 2.27. The third-order valence-electron chi connectivity index (χ3n) is 3.99. The van der Waals surface area contributed by atoms with Gasteiger partial charge in [0, 0.05) is 13.1 Å². The average molecular weight is 358 g/mol. The van der Waals surface area contributed by atoms with Gasteiger partial charge in [-0.2, -0.15) is 9.82 Å². The molecule has 134 valence electrons. The molecule has 1 atom stereocenters. The number of amides is 1. The van der Waals surface area contributed by atoms with Crippen LogP contribution in [-0.4, -0.2) is 58.7 Å². The van der Waals surface area contributed by atoms with Gasteiger partial charge in [-0.15, -0.1) is 0 Å². The van der Waals surface area contributed by atoms with Crippen LogP contribution in [-0.2, 0) is 26.7 Å². The van der Waals surface area contributed by atoms with Gasteiger partial charge in [-0.25, -0.2) is 8.42 Å². The Kier molecular flexibility index (Phi) is 5.00. The molecule has 9 nitrogen and oxygen atoms in total. The number of nitrogens with zero attached hydrogens (tertiary/aromatic N) is 3. The summed E-state index contributed by atoms with van der Waals surface area (Å²) in [5, 5.41) is 13.0. The summed E-state index contributed by atoms with van der Waals surface area (Å²) in [4.78, 5) is 24.6. The summed E-state index contributed by atoms with van der Waals surface area (Å²) < 4.78 is 29.0. The fourth-order valence-electron chi connectivity index (χ4n) is 2.65. The van der Waals surface area contributed by atoms with Gasteiger partial charge in [0.1, 0.15) is 11.4 Å². The molecule has 24 heavy (non-hydrogen) atoms. The van der Waals surface area contributed by atoms with Crippen molar-refractivity contribution < 1.29 is 23.1 Å². The highest BCUT2D eigenvalue weighted by atomic mass is 32.2. The molecule has 1 heterocycles. The zero-order chi connectivity index (χ0) is 18.2. The molecule has 1 aliphatic carbocycles. The summed E-state index contributed by atoms with van der Waals surface area (Å²) in [5.74, 6) is -1.66. The third kappa shape index (κ3) is 3.75. The van der Waals surface area contributed by atoms with Crippen molar-refractivity contribution in [2.24, 2.45) is 7.05 Å². The lowest BCUT2D eigenvalue weighted by atomic mass is 10.3. The first-order valence-electron chi connectivity index (χ1n) is 7.59. The van der Waals surface area contributed by atoms with Crippen LogP contribution in [0.15, 0.2) is 4.90 Å². The summed E-state index contributed by atoms with van der Waals surface area (Å²) in [6, 6.07) is -1.18. The number of aryl methyl sites for hydroxylation is 2. The summed E-state index contributed by atoms with van der Waals surface area (Å²) in [6.45, 7) is 4.19. The number of hydrogen-bond acceptors (Lipinski definition) is 5. The smallest absolute Gasteiger partial charge is 0.323 e. The van der Waals surface area contributed by atoms with Crippen LogP contribution in [0.4, 0.5) is 0 Å². The first kappa shape index (κ1) is 18.4. The fraction of sp³-hybridized carbons (Fsp3) is 0.643. The van der Waals surface area contributed by atoms with Gasteiger partial charge in [0.15, 0.2) is 0 Å². The Morgan fingerprint density at radius 1 is 1.42 bits per heavy atom. The Morgan fingerprint density at radius 2 is 2.00 bits per heavy atom. The quantitative estimate of drug-likeness (QED) is 0.695. The van der Waals surface area contributed by atoms with Gasteiger partial charge in [0.05, 0.1) is 17.4 Å². The Hall–Kier alpha value is -1.94. The molecule has 10 heteroatoms. The van der Waals surface area contributed by atoms with Crippen molar-refractivity contribution in [3.63, 3.8) is 0 Å². The summed E-state index contributed by atoms with van der Waals surface area (Å²) in [6.07, 6.45) is 1.47. The Bertz CT molecular complexity index is 766. The van der Waals surface area contributed by atoms with E-state index in [0.29, 0.717) is 11.4 Å². The van der Waals surface area contributed by atoms with Gasteiger partial charge in [0.25, 0.3) is 0 Å². The van der Waals surface area contributed by atoms with Crippen molar-refractivity contribution in [3.05, 3.63) is 11.4 Å². The second-order valence-corrected chi connectivity index (χ2v) is 7.71. The number of carboxylic acids is 1. The highest BCUT2D eigenvalue weighted by molar-refractivity contribution is 7.89. The van der Waals surface area contributed by atoms with Gasteiger partial charge < -0.3 is 10.0 Å². The molecule has 2 N–H and O–H groups in total. The molecule has 1 aromatic heterocycles. The monoisotopic (exact) mass is 358 g/mol.